The van der Waals surface area contributed by atoms with E-state index in [1.165, 1.54) is 44.6 Å². The minimum Gasteiger partial charge on any atom is -0.504 e. The fraction of sp³-hybridized carbons (Fsp3) is 0.444. The van der Waals surface area contributed by atoms with Crippen LogP contribution in [0.5, 0.6) is 11.5 Å². The molecule has 0 saturated carbocycles. The van der Waals surface area contributed by atoms with Crippen molar-refractivity contribution in [2.75, 3.05) is 20.8 Å². The molecule has 1 unspecified atom stereocenters. The highest BCUT2D eigenvalue weighted by Gasteiger charge is 2.60. The molecule has 9 atom stereocenters. The van der Waals surface area contributed by atoms with Gasteiger partial charge >= 0.3 is 11.9 Å². The van der Waals surface area contributed by atoms with E-state index in [-0.39, 0.29) is 28.2 Å². The van der Waals surface area contributed by atoms with Crippen LogP contribution in [0.3, 0.4) is 0 Å². The number of carbonyl (C=O) groups is 3. The molecule has 14 nitrogen and oxygen atoms in total. The summed E-state index contributed by atoms with van der Waals surface area (Å²) in [5, 5.41) is 50.2. The Balaban J connectivity index is 1.50. The molecule has 1 aromatic rings. The first kappa shape index (κ1) is 28.7. The molecule has 1 saturated heterocycles. The fourth-order valence-corrected chi connectivity index (χ4v) is 5.39. The number of aliphatic hydroxyl groups is 4. The van der Waals surface area contributed by atoms with E-state index in [0.29, 0.717) is 0 Å². The first-order valence-electron chi connectivity index (χ1n) is 12.5. The molecule has 1 fully saturated rings. The molecule has 1 aromatic carbocycles. The standard InChI is InChI=1S/C27H28O14/c1-36-16-7-11(3-4-15(16)29)19(30)13-8-27(41-24(13)35)6-5-12-14(23(34)37-2)10-38-25(18(12)27)40-26-22(33)21(32)20(31)17(9-28)39-26/h3-8,10,12,17-18,20-22,25-26,28-29,31-33H,9H2,1-2H3/t12-,17-,18-,20-,21+,22-,25+,26?,27-/m1/s1. The van der Waals surface area contributed by atoms with Gasteiger partial charge in [0.15, 0.2) is 29.2 Å². The number of phenols is 1. The van der Waals surface area contributed by atoms with Crippen molar-refractivity contribution < 1.29 is 68.3 Å². The number of hydrogen-bond acceptors (Lipinski definition) is 14. The number of rotatable bonds is 7. The molecule has 0 amide bonds. The monoisotopic (exact) mass is 576 g/mol. The van der Waals surface area contributed by atoms with Gasteiger partial charge in [0, 0.05) is 11.5 Å². The SMILES string of the molecule is COC(=O)C1=CO[C@@H](OC2O[C@H](CO)[C@@H](O)[C@H](O)[C@H]2O)[C@H]2[C@@H]1C=C[C@@]21C=C(C(=O)c2ccc(O)c(OC)c2)C(=O)O1. The minimum atomic E-state index is -1.77. The third kappa shape index (κ3) is 4.77. The average Bonchev–Trinajstić information content (AvgIpc) is 3.52. The number of Topliss-reactive ketones (excluding diaryl/α,β-unsaturated/α-hetero) is 1. The van der Waals surface area contributed by atoms with Crippen LogP contribution < -0.4 is 4.74 Å². The summed E-state index contributed by atoms with van der Waals surface area (Å²) in [7, 11) is 2.47. The molecule has 4 aliphatic rings. The van der Waals surface area contributed by atoms with Crippen LogP contribution in [0.2, 0.25) is 0 Å². The zero-order valence-corrected chi connectivity index (χ0v) is 21.8. The number of esters is 2. The quantitative estimate of drug-likeness (QED) is 0.112. The van der Waals surface area contributed by atoms with E-state index >= 15 is 0 Å². The summed E-state index contributed by atoms with van der Waals surface area (Å²) in [4.78, 5) is 38.9. The first-order chi connectivity index (χ1) is 19.5. The molecule has 1 spiro atoms. The molecule has 220 valence electrons. The lowest BCUT2D eigenvalue weighted by atomic mass is 9.78. The number of carbonyl (C=O) groups excluding carboxylic acids is 3. The number of benzene rings is 1. The number of ketones is 1. The predicted octanol–water partition coefficient (Wildman–Crippen LogP) is -1.16. The maximum Gasteiger partial charge on any atom is 0.343 e. The van der Waals surface area contributed by atoms with Crippen molar-refractivity contribution in [3.05, 3.63) is 59.4 Å². The molecule has 1 aliphatic carbocycles. The summed E-state index contributed by atoms with van der Waals surface area (Å²) >= 11 is 0. The Hall–Kier alpha value is -3.79. The van der Waals surface area contributed by atoms with Crippen molar-refractivity contribution in [3.8, 4) is 11.5 Å². The Bertz CT molecular complexity index is 1330. The zero-order chi connectivity index (χ0) is 29.6. The zero-order valence-electron chi connectivity index (χ0n) is 21.8. The molecule has 14 heteroatoms. The van der Waals surface area contributed by atoms with Crippen molar-refractivity contribution in [2.45, 2.75) is 42.6 Å². The van der Waals surface area contributed by atoms with Gasteiger partial charge in [-0.3, -0.25) is 4.79 Å². The van der Waals surface area contributed by atoms with E-state index in [0.717, 1.165) is 6.26 Å². The third-order valence-electron chi connectivity index (χ3n) is 7.54. The summed E-state index contributed by atoms with van der Waals surface area (Å²) in [5.74, 6) is -4.52. The molecular formula is C27H28O14. The average molecular weight is 577 g/mol. The van der Waals surface area contributed by atoms with Crippen LogP contribution in [0, 0.1) is 11.8 Å². The van der Waals surface area contributed by atoms with E-state index in [1.807, 2.05) is 0 Å². The smallest absolute Gasteiger partial charge is 0.343 e. The predicted molar refractivity (Wildman–Crippen MR) is 132 cm³/mol. The molecule has 5 N–H and O–H groups in total. The Morgan fingerprint density at radius 1 is 1.07 bits per heavy atom. The Labute approximate surface area is 232 Å². The number of aliphatic hydroxyl groups excluding tert-OH is 4. The van der Waals surface area contributed by atoms with E-state index < -0.39 is 78.8 Å². The lowest BCUT2D eigenvalue weighted by Crippen LogP contribution is -2.60. The second-order valence-electron chi connectivity index (χ2n) is 9.83. The molecule has 0 aromatic heterocycles. The number of aromatic hydroxyl groups is 1. The Morgan fingerprint density at radius 2 is 1.83 bits per heavy atom. The maximum absolute atomic E-state index is 13.3. The van der Waals surface area contributed by atoms with Gasteiger partial charge in [0.25, 0.3) is 0 Å². The highest BCUT2D eigenvalue weighted by Crippen LogP contribution is 2.51. The maximum atomic E-state index is 13.3. The highest BCUT2D eigenvalue weighted by atomic mass is 16.8. The van der Waals surface area contributed by atoms with Gasteiger partial charge < -0.3 is 54.0 Å². The highest BCUT2D eigenvalue weighted by molar-refractivity contribution is 6.25. The number of allylic oxidation sites excluding steroid dienone is 1. The summed E-state index contributed by atoms with van der Waals surface area (Å²) < 4.78 is 32.6. The van der Waals surface area contributed by atoms with Crippen LogP contribution in [0.1, 0.15) is 10.4 Å². The molecule has 3 heterocycles. The van der Waals surface area contributed by atoms with Gasteiger partial charge in [-0.1, -0.05) is 6.08 Å². The summed E-state index contributed by atoms with van der Waals surface area (Å²) in [5.41, 5.74) is -1.93. The molecule has 41 heavy (non-hydrogen) atoms. The minimum absolute atomic E-state index is 0.0138. The summed E-state index contributed by atoms with van der Waals surface area (Å²) in [6.07, 6.45) is -4.06. The third-order valence-corrected chi connectivity index (χ3v) is 7.54. The first-order valence-corrected chi connectivity index (χ1v) is 12.5. The van der Waals surface area contributed by atoms with Gasteiger partial charge in [0.1, 0.15) is 30.0 Å². The van der Waals surface area contributed by atoms with Gasteiger partial charge in [-0.15, -0.1) is 0 Å². The number of hydrogen-bond donors (Lipinski definition) is 5. The van der Waals surface area contributed by atoms with Crippen LogP contribution in [-0.4, -0.2) is 107 Å². The number of ether oxygens (including phenoxy) is 6. The number of phenolic OH excluding ortho intramolecular Hbond substituents is 1. The van der Waals surface area contributed by atoms with Crippen LogP contribution >= 0.6 is 0 Å². The topological polar surface area (TPSA) is 208 Å². The van der Waals surface area contributed by atoms with Gasteiger partial charge in [-0.2, -0.15) is 0 Å². The fourth-order valence-electron chi connectivity index (χ4n) is 5.39. The van der Waals surface area contributed by atoms with Crippen molar-refractivity contribution >= 4 is 17.7 Å². The van der Waals surface area contributed by atoms with Crippen LogP contribution in [-0.2, 0) is 33.3 Å². The van der Waals surface area contributed by atoms with Crippen LogP contribution in [0.4, 0.5) is 0 Å². The number of methoxy groups -OCH3 is 2. The van der Waals surface area contributed by atoms with Crippen molar-refractivity contribution in [3.63, 3.8) is 0 Å². The molecule has 0 radical (unpaired) electrons. The van der Waals surface area contributed by atoms with E-state index in [4.69, 9.17) is 28.4 Å². The second-order valence-corrected chi connectivity index (χ2v) is 9.83. The lowest BCUT2D eigenvalue weighted by molar-refractivity contribution is -0.344. The van der Waals surface area contributed by atoms with Gasteiger partial charge in [0.05, 0.1) is 38.6 Å². The van der Waals surface area contributed by atoms with Crippen molar-refractivity contribution in [2.24, 2.45) is 11.8 Å². The van der Waals surface area contributed by atoms with E-state index in [9.17, 15) is 39.9 Å². The lowest BCUT2D eigenvalue weighted by Gasteiger charge is -2.44. The van der Waals surface area contributed by atoms with Gasteiger partial charge in [0.2, 0.25) is 6.29 Å². The second kappa shape index (κ2) is 10.9. The van der Waals surface area contributed by atoms with Gasteiger partial charge in [-0.25, -0.2) is 9.59 Å². The van der Waals surface area contributed by atoms with Crippen LogP contribution in [0.25, 0.3) is 0 Å². The summed E-state index contributed by atoms with van der Waals surface area (Å²) in [6, 6.07) is 3.80. The van der Waals surface area contributed by atoms with Crippen molar-refractivity contribution in [1.82, 2.24) is 0 Å². The largest absolute Gasteiger partial charge is 0.504 e. The molecule has 5 rings (SSSR count). The Morgan fingerprint density at radius 3 is 2.51 bits per heavy atom. The van der Waals surface area contributed by atoms with E-state index in [1.54, 1.807) is 6.08 Å². The summed E-state index contributed by atoms with van der Waals surface area (Å²) in [6.45, 7) is -0.700. The van der Waals surface area contributed by atoms with Crippen molar-refractivity contribution in [1.29, 1.82) is 0 Å². The molecule has 3 aliphatic heterocycles. The number of fused-ring (bicyclic) bond motifs is 2. The molecular weight excluding hydrogens is 548 g/mol. The van der Waals surface area contributed by atoms with Crippen LogP contribution in [0.15, 0.2) is 53.8 Å². The van der Waals surface area contributed by atoms with Gasteiger partial charge in [-0.05, 0) is 30.4 Å². The molecule has 0 bridgehead atoms. The normalized spacial score (nSPS) is 35.7. The van der Waals surface area contributed by atoms with E-state index in [2.05, 4.69) is 0 Å². The Kier molecular flexibility index (Phi) is 7.63.